The van der Waals surface area contributed by atoms with Crippen LogP contribution >= 0.6 is 0 Å². The van der Waals surface area contributed by atoms with Gasteiger partial charge in [0.05, 0.1) is 24.5 Å². The minimum atomic E-state index is -0.314. The van der Waals surface area contributed by atoms with Gasteiger partial charge in [-0.15, -0.1) is 0 Å². The molecule has 1 atom stereocenters. The van der Waals surface area contributed by atoms with E-state index in [4.69, 9.17) is 4.74 Å². The van der Waals surface area contributed by atoms with Crippen molar-refractivity contribution in [3.63, 3.8) is 0 Å². The molecule has 1 N–H and O–H groups in total. The summed E-state index contributed by atoms with van der Waals surface area (Å²) in [4.78, 5) is 4.08. The van der Waals surface area contributed by atoms with Gasteiger partial charge >= 0.3 is 0 Å². The molecule has 0 bridgehead atoms. The van der Waals surface area contributed by atoms with Gasteiger partial charge in [-0.2, -0.15) is 0 Å². The third kappa shape index (κ3) is 2.52. The zero-order valence-electron chi connectivity index (χ0n) is 10.7. The number of nitrogens with zero attached hydrogens (tertiary/aromatic N) is 1. The maximum absolute atomic E-state index is 12.8. The summed E-state index contributed by atoms with van der Waals surface area (Å²) < 4.78 is 18.3. The van der Waals surface area contributed by atoms with Crippen molar-refractivity contribution in [1.29, 1.82) is 0 Å². The number of pyridine rings is 1. The molecule has 1 aliphatic rings. The number of nitrogens with one attached hydrogen (secondary N) is 1. The predicted molar refractivity (Wildman–Crippen MR) is 71.9 cm³/mol. The smallest absolute Gasteiger partial charge is 0.141 e. The molecule has 4 heteroatoms. The molecule has 0 radical (unpaired) electrons. The number of hydrogen-bond acceptors (Lipinski definition) is 3. The quantitative estimate of drug-likeness (QED) is 0.917. The molecule has 2 aromatic rings. The van der Waals surface area contributed by atoms with Gasteiger partial charge in [-0.05, 0) is 42.8 Å². The Labute approximate surface area is 111 Å². The maximum atomic E-state index is 12.8. The first-order valence-electron chi connectivity index (χ1n) is 6.36. The van der Waals surface area contributed by atoms with Crippen LogP contribution in [0.15, 0.2) is 36.5 Å². The summed E-state index contributed by atoms with van der Waals surface area (Å²) in [6.45, 7) is 2.76. The van der Waals surface area contributed by atoms with Gasteiger partial charge in [-0.1, -0.05) is 0 Å². The van der Waals surface area contributed by atoms with Crippen molar-refractivity contribution in [2.75, 3.05) is 11.9 Å². The maximum Gasteiger partial charge on any atom is 0.141 e. The zero-order valence-corrected chi connectivity index (χ0v) is 10.7. The van der Waals surface area contributed by atoms with Gasteiger partial charge in [-0.25, -0.2) is 4.39 Å². The average Bonchev–Trinajstić information content (AvgIpc) is 2.87. The molecule has 0 fully saturated rings. The van der Waals surface area contributed by atoms with Crippen LogP contribution in [0, 0.1) is 5.82 Å². The lowest BCUT2D eigenvalue weighted by molar-refractivity contribution is 0.357. The van der Waals surface area contributed by atoms with E-state index in [2.05, 4.69) is 16.4 Å². The van der Waals surface area contributed by atoms with E-state index >= 15 is 0 Å². The van der Waals surface area contributed by atoms with E-state index in [0.717, 1.165) is 30.2 Å². The third-order valence-electron chi connectivity index (χ3n) is 3.27. The van der Waals surface area contributed by atoms with Gasteiger partial charge in [-0.3, -0.25) is 4.98 Å². The van der Waals surface area contributed by atoms with Crippen molar-refractivity contribution in [2.24, 2.45) is 0 Å². The van der Waals surface area contributed by atoms with Gasteiger partial charge in [0.25, 0.3) is 0 Å². The summed E-state index contributed by atoms with van der Waals surface area (Å²) in [5, 5.41) is 3.37. The van der Waals surface area contributed by atoms with Gasteiger partial charge in [0.15, 0.2) is 0 Å². The highest BCUT2D eigenvalue weighted by atomic mass is 19.1. The lowest BCUT2D eigenvalue weighted by Gasteiger charge is -2.15. The first kappa shape index (κ1) is 12.0. The Bertz CT molecular complexity index is 583. The Balaban J connectivity index is 1.75. The van der Waals surface area contributed by atoms with Gasteiger partial charge in [0.2, 0.25) is 0 Å². The van der Waals surface area contributed by atoms with Gasteiger partial charge in [0.1, 0.15) is 11.6 Å². The molecule has 0 aliphatic carbocycles. The Morgan fingerprint density at radius 3 is 3.00 bits per heavy atom. The highest BCUT2D eigenvalue weighted by molar-refractivity contribution is 5.53. The van der Waals surface area contributed by atoms with E-state index in [9.17, 15) is 4.39 Å². The molecule has 0 amide bonds. The number of halogens is 1. The predicted octanol–water partition coefficient (Wildman–Crippen LogP) is 3.33. The highest BCUT2D eigenvalue weighted by Crippen LogP contribution is 2.29. The van der Waals surface area contributed by atoms with Crippen LogP contribution in [0.5, 0.6) is 5.75 Å². The largest absolute Gasteiger partial charge is 0.493 e. The van der Waals surface area contributed by atoms with Crippen LogP contribution in [0.25, 0.3) is 0 Å². The molecule has 1 aromatic carbocycles. The van der Waals surface area contributed by atoms with E-state index < -0.39 is 0 Å². The summed E-state index contributed by atoms with van der Waals surface area (Å²) in [7, 11) is 0. The van der Waals surface area contributed by atoms with Gasteiger partial charge in [0, 0.05) is 12.1 Å². The van der Waals surface area contributed by atoms with E-state index in [1.807, 2.05) is 19.1 Å². The lowest BCUT2D eigenvalue weighted by atomic mass is 10.1. The zero-order chi connectivity index (χ0) is 13.2. The van der Waals surface area contributed by atoms with E-state index in [1.54, 1.807) is 6.07 Å². The van der Waals surface area contributed by atoms with Crippen LogP contribution < -0.4 is 10.1 Å². The summed E-state index contributed by atoms with van der Waals surface area (Å²) in [6.07, 6.45) is 2.19. The van der Waals surface area contributed by atoms with Crippen molar-refractivity contribution >= 4 is 5.69 Å². The topological polar surface area (TPSA) is 34.1 Å². The molecule has 3 rings (SSSR count). The van der Waals surface area contributed by atoms with Crippen LogP contribution in [0.4, 0.5) is 10.1 Å². The Hall–Kier alpha value is -2.10. The minimum absolute atomic E-state index is 0.0287. The highest BCUT2D eigenvalue weighted by Gasteiger charge is 2.13. The van der Waals surface area contributed by atoms with Crippen molar-refractivity contribution in [3.05, 3.63) is 53.6 Å². The fourth-order valence-electron chi connectivity index (χ4n) is 2.24. The third-order valence-corrected chi connectivity index (χ3v) is 3.27. The number of aromatic nitrogens is 1. The van der Waals surface area contributed by atoms with Crippen LogP contribution in [-0.2, 0) is 6.42 Å². The van der Waals surface area contributed by atoms with Gasteiger partial charge < -0.3 is 10.1 Å². The van der Waals surface area contributed by atoms with Crippen LogP contribution in [0.1, 0.15) is 24.2 Å². The molecule has 1 aromatic heterocycles. The molecule has 0 saturated heterocycles. The molecular formula is C15H15FN2O. The van der Waals surface area contributed by atoms with Crippen LogP contribution in [0.2, 0.25) is 0 Å². The standard InChI is InChI=1S/C15H15FN2O/c1-10(14-4-2-12(16)9-17-14)18-13-3-5-15-11(8-13)6-7-19-15/h2-5,8-10,18H,6-7H2,1H3. The first-order chi connectivity index (χ1) is 9.22. The summed E-state index contributed by atoms with van der Waals surface area (Å²) in [5.41, 5.74) is 3.07. The normalized spacial score (nSPS) is 14.6. The Morgan fingerprint density at radius 2 is 2.21 bits per heavy atom. The monoisotopic (exact) mass is 258 g/mol. The second-order valence-corrected chi connectivity index (χ2v) is 4.69. The molecule has 1 unspecified atom stereocenters. The van der Waals surface area contributed by atoms with E-state index in [-0.39, 0.29) is 11.9 Å². The fraction of sp³-hybridized carbons (Fsp3) is 0.267. The van der Waals surface area contributed by atoms with E-state index in [1.165, 1.54) is 17.8 Å². The van der Waals surface area contributed by atoms with Crippen molar-refractivity contribution in [1.82, 2.24) is 4.98 Å². The van der Waals surface area contributed by atoms with Crippen molar-refractivity contribution in [3.8, 4) is 5.75 Å². The SMILES string of the molecule is CC(Nc1ccc2c(c1)CCO2)c1ccc(F)cn1. The second-order valence-electron chi connectivity index (χ2n) is 4.69. The molecule has 98 valence electrons. The molecule has 2 heterocycles. The molecule has 1 aliphatic heterocycles. The number of benzene rings is 1. The fourth-order valence-corrected chi connectivity index (χ4v) is 2.24. The number of anilines is 1. The molecule has 0 saturated carbocycles. The first-order valence-corrected chi connectivity index (χ1v) is 6.36. The number of ether oxygens (including phenoxy) is 1. The number of rotatable bonds is 3. The summed E-state index contributed by atoms with van der Waals surface area (Å²) >= 11 is 0. The van der Waals surface area contributed by atoms with Crippen LogP contribution in [0.3, 0.4) is 0 Å². The summed E-state index contributed by atoms with van der Waals surface area (Å²) in [5.74, 6) is 0.656. The Kier molecular flexibility index (Phi) is 3.07. The molecule has 3 nitrogen and oxygen atoms in total. The summed E-state index contributed by atoms with van der Waals surface area (Å²) in [6, 6.07) is 9.23. The van der Waals surface area contributed by atoms with E-state index in [0.29, 0.717) is 0 Å². The lowest BCUT2D eigenvalue weighted by Crippen LogP contribution is -2.08. The molecular weight excluding hydrogens is 243 g/mol. The second kappa shape index (κ2) is 4.88. The van der Waals surface area contributed by atoms with Crippen molar-refractivity contribution < 1.29 is 9.13 Å². The van der Waals surface area contributed by atoms with Crippen LogP contribution in [-0.4, -0.2) is 11.6 Å². The number of hydrogen-bond donors (Lipinski definition) is 1. The molecule has 19 heavy (non-hydrogen) atoms. The van der Waals surface area contributed by atoms with Crippen molar-refractivity contribution in [2.45, 2.75) is 19.4 Å². The average molecular weight is 258 g/mol. The molecule has 0 spiro atoms. The minimum Gasteiger partial charge on any atom is -0.493 e. The number of fused-ring (bicyclic) bond motifs is 1. The Morgan fingerprint density at radius 1 is 1.32 bits per heavy atom.